The van der Waals surface area contributed by atoms with Crippen molar-refractivity contribution in [3.63, 3.8) is 0 Å². The molecule has 100 valence electrons. The van der Waals surface area contributed by atoms with Gasteiger partial charge in [0.1, 0.15) is 0 Å². The van der Waals surface area contributed by atoms with Crippen LogP contribution >= 0.6 is 11.3 Å². The molecule has 2 saturated heterocycles. The molecule has 3 heterocycles. The van der Waals surface area contributed by atoms with Crippen molar-refractivity contribution in [1.82, 2.24) is 15.6 Å². The van der Waals surface area contributed by atoms with Gasteiger partial charge in [0, 0.05) is 23.5 Å². The predicted octanol–water partition coefficient (Wildman–Crippen LogP) is 2.46. The zero-order valence-electron chi connectivity index (χ0n) is 11.1. The van der Waals surface area contributed by atoms with E-state index in [0.717, 1.165) is 31.1 Å². The van der Waals surface area contributed by atoms with Crippen LogP contribution in [0.25, 0.3) is 0 Å². The maximum atomic E-state index is 4.28. The summed E-state index contributed by atoms with van der Waals surface area (Å²) >= 11 is 1.76. The van der Waals surface area contributed by atoms with Gasteiger partial charge in [0.15, 0.2) is 0 Å². The molecule has 2 N–H and O–H groups in total. The Labute approximate surface area is 113 Å². The molecule has 4 heteroatoms. The minimum absolute atomic E-state index is 0.831. The zero-order valence-corrected chi connectivity index (χ0v) is 11.9. The summed E-state index contributed by atoms with van der Waals surface area (Å²) in [6.45, 7) is 4.24. The highest BCUT2D eigenvalue weighted by Crippen LogP contribution is 2.32. The number of aromatic nitrogens is 1. The fourth-order valence-electron chi connectivity index (χ4n) is 3.41. The summed E-state index contributed by atoms with van der Waals surface area (Å²) < 4.78 is 0. The fourth-order valence-corrected chi connectivity index (χ4v) is 4.16. The predicted molar refractivity (Wildman–Crippen MR) is 75.8 cm³/mol. The van der Waals surface area contributed by atoms with Crippen LogP contribution < -0.4 is 10.6 Å². The molecule has 3 rings (SSSR count). The third kappa shape index (κ3) is 2.92. The second kappa shape index (κ2) is 5.68. The van der Waals surface area contributed by atoms with Crippen molar-refractivity contribution in [2.75, 3.05) is 6.54 Å². The summed E-state index contributed by atoms with van der Waals surface area (Å²) in [6.07, 6.45) is 6.96. The molecule has 0 radical (unpaired) electrons. The Balaban J connectivity index is 1.36. The molecule has 2 bridgehead atoms. The van der Waals surface area contributed by atoms with E-state index in [1.54, 1.807) is 11.3 Å². The normalized spacial score (nSPS) is 30.8. The second-order valence-corrected chi connectivity index (χ2v) is 6.74. The number of hydrogen-bond acceptors (Lipinski definition) is 4. The highest BCUT2D eigenvalue weighted by Gasteiger charge is 2.32. The first-order valence-electron chi connectivity index (χ1n) is 7.17. The molecule has 0 amide bonds. The Hall–Kier alpha value is -0.450. The number of nitrogens with one attached hydrogen (secondary N) is 2. The quantitative estimate of drug-likeness (QED) is 0.803. The van der Waals surface area contributed by atoms with Gasteiger partial charge < -0.3 is 10.6 Å². The van der Waals surface area contributed by atoms with Gasteiger partial charge in [-0.1, -0.05) is 0 Å². The van der Waals surface area contributed by atoms with Gasteiger partial charge in [-0.2, -0.15) is 0 Å². The molecule has 0 saturated carbocycles. The van der Waals surface area contributed by atoms with Gasteiger partial charge in [0.05, 0.1) is 11.2 Å². The molecule has 0 aliphatic carbocycles. The number of hydrogen-bond donors (Lipinski definition) is 2. The van der Waals surface area contributed by atoms with Crippen molar-refractivity contribution in [1.29, 1.82) is 0 Å². The molecule has 2 aliphatic heterocycles. The summed E-state index contributed by atoms with van der Waals surface area (Å²) in [5.74, 6) is 0.943. The van der Waals surface area contributed by atoms with E-state index >= 15 is 0 Å². The largest absolute Gasteiger partial charge is 0.312 e. The molecular weight excluding hydrogens is 242 g/mol. The number of rotatable bonds is 5. The summed E-state index contributed by atoms with van der Waals surface area (Å²) in [4.78, 5) is 5.67. The Morgan fingerprint density at radius 2 is 2.17 bits per heavy atom. The van der Waals surface area contributed by atoms with E-state index < -0.39 is 0 Å². The lowest BCUT2D eigenvalue weighted by Crippen LogP contribution is -2.38. The zero-order chi connectivity index (χ0) is 12.4. The average molecular weight is 265 g/mol. The van der Waals surface area contributed by atoms with E-state index in [0.29, 0.717) is 0 Å². The van der Waals surface area contributed by atoms with Crippen molar-refractivity contribution in [2.45, 2.75) is 57.7 Å². The van der Waals surface area contributed by atoms with Crippen LogP contribution in [-0.4, -0.2) is 23.6 Å². The lowest BCUT2D eigenvalue weighted by atomic mass is 9.90. The monoisotopic (exact) mass is 265 g/mol. The van der Waals surface area contributed by atoms with E-state index in [-0.39, 0.29) is 0 Å². The second-order valence-electron chi connectivity index (χ2n) is 5.80. The van der Waals surface area contributed by atoms with E-state index in [2.05, 4.69) is 22.5 Å². The Morgan fingerprint density at radius 3 is 2.83 bits per heavy atom. The summed E-state index contributed by atoms with van der Waals surface area (Å²) in [6, 6.07) is 1.66. The van der Waals surface area contributed by atoms with Crippen molar-refractivity contribution in [2.24, 2.45) is 5.92 Å². The third-order valence-corrected chi connectivity index (χ3v) is 5.37. The Bertz CT molecular complexity index is 378. The first kappa shape index (κ1) is 12.6. The molecule has 2 unspecified atom stereocenters. The SMILES string of the molecule is Cc1ncsc1CNCCC1CC2CCC(C1)N2. The lowest BCUT2D eigenvalue weighted by Gasteiger charge is -2.29. The molecule has 3 nitrogen and oxygen atoms in total. The molecular formula is C14H23N3S. The lowest BCUT2D eigenvalue weighted by molar-refractivity contribution is 0.283. The summed E-state index contributed by atoms with van der Waals surface area (Å²) in [5, 5.41) is 7.29. The topological polar surface area (TPSA) is 37.0 Å². The first-order chi connectivity index (χ1) is 8.81. The Morgan fingerprint density at radius 1 is 1.39 bits per heavy atom. The molecule has 2 atom stereocenters. The maximum Gasteiger partial charge on any atom is 0.0798 e. The van der Waals surface area contributed by atoms with Gasteiger partial charge in [-0.3, -0.25) is 0 Å². The van der Waals surface area contributed by atoms with E-state index in [9.17, 15) is 0 Å². The average Bonchev–Trinajstić information content (AvgIpc) is 2.92. The summed E-state index contributed by atoms with van der Waals surface area (Å²) in [5.41, 5.74) is 3.13. The molecule has 18 heavy (non-hydrogen) atoms. The van der Waals surface area contributed by atoms with Crippen molar-refractivity contribution in [3.8, 4) is 0 Å². The van der Waals surface area contributed by atoms with Crippen molar-refractivity contribution < 1.29 is 0 Å². The highest BCUT2D eigenvalue weighted by molar-refractivity contribution is 7.09. The van der Waals surface area contributed by atoms with Gasteiger partial charge in [-0.05, 0) is 51.5 Å². The van der Waals surface area contributed by atoms with Crippen LogP contribution in [0.15, 0.2) is 5.51 Å². The van der Waals surface area contributed by atoms with Crippen LogP contribution in [0, 0.1) is 12.8 Å². The van der Waals surface area contributed by atoms with E-state index in [4.69, 9.17) is 0 Å². The van der Waals surface area contributed by atoms with E-state index in [1.807, 2.05) is 5.51 Å². The minimum atomic E-state index is 0.831. The number of piperidine rings is 1. The van der Waals surface area contributed by atoms with Crippen LogP contribution in [0.4, 0.5) is 0 Å². The number of thiazole rings is 1. The minimum Gasteiger partial charge on any atom is -0.312 e. The third-order valence-electron chi connectivity index (χ3n) is 4.43. The number of fused-ring (bicyclic) bond motifs is 2. The van der Waals surface area contributed by atoms with Crippen LogP contribution in [0.2, 0.25) is 0 Å². The first-order valence-corrected chi connectivity index (χ1v) is 8.05. The maximum absolute atomic E-state index is 4.28. The van der Waals surface area contributed by atoms with Gasteiger partial charge in [-0.25, -0.2) is 4.98 Å². The fraction of sp³-hybridized carbons (Fsp3) is 0.786. The van der Waals surface area contributed by atoms with Gasteiger partial charge in [0.2, 0.25) is 0 Å². The van der Waals surface area contributed by atoms with Crippen LogP contribution in [0.1, 0.15) is 42.7 Å². The van der Waals surface area contributed by atoms with Crippen molar-refractivity contribution in [3.05, 3.63) is 16.1 Å². The summed E-state index contributed by atoms with van der Waals surface area (Å²) in [7, 11) is 0. The van der Waals surface area contributed by atoms with Crippen LogP contribution in [0.3, 0.4) is 0 Å². The molecule has 0 spiro atoms. The van der Waals surface area contributed by atoms with Gasteiger partial charge >= 0.3 is 0 Å². The number of aryl methyl sites for hydroxylation is 1. The van der Waals surface area contributed by atoms with Crippen LogP contribution in [-0.2, 0) is 6.54 Å². The molecule has 0 aromatic carbocycles. The molecule has 1 aromatic heterocycles. The van der Waals surface area contributed by atoms with Gasteiger partial charge in [-0.15, -0.1) is 11.3 Å². The highest BCUT2D eigenvalue weighted by atomic mass is 32.1. The standard InChI is InChI=1S/C14H23N3S/c1-10-14(18-9-16-10)8-15-5-4-11-6-12-2-3-13(7-11)17-12/h9,11-13,15,17H,2-8H2,1H3. The van der Waals surface area contributed by atoms with Crippen molar-refractivity contribution >= 4 is 11.3 Å². The Kier molecular flexibility index (Phi) is 3.97. The van der Waals surface area contributed by atoms with Gasteiger partial charge in [0.25, 0.3) is 0 Å². The number of nitrogens with zero attached hydrogens (tertiary/aromatic N) is 1. The molecule has 2 fully saturated rings. The van der Waals surface area contributed by atoms with Crippen LogP contribution in [0.5, 0.6) is 0 Å². The van der Waals surface area contributed by atoms with E-state index in [1.165, 1.54) is 42.7 Å². The molecule has 1 aromatic rings. The molecule has 2 aliphatic rings. The smallest absolute Gasteiger partial charge is 0.0798 e.